The van der Waals surface area contributed by atoms with Gasteiger partial charge in [-0.15, -0.1) is 0 Å². The number of hydrogen-bond acceptors (Lipinski definition) is 2. The zero-order valence-electron chi connectivity index (χ0n) is 10.8. The van der Waals surface area contributed by atoms with Crippen LogP contribution in [0.1, 0.15) is 28.8 Å². The summed E-state index contributed by atoms with van der Waals surface area (Å²) >= 11 is 0. The number of nitrogens with zero attached hydrogens (tertiary/aromatic N) is 1. The Labute approximate surface area is 113 Å². The fourth-order valence-corrected chi connectivity index (χ4v) is 1.94. The Bertz CT molecular complexity index is 515. The lowest BCUT2D eigenvalue weighted by molar-refractivity contribution is -0.141. The van der Waals surface area contributed by atoms with E-state index in [9.17, 15) is 22.4 Å². The van der Waals surface area contributed by atoms with Crippen molar-refractivity contribution in [3.05, 3.63) is 29.1 Å². The second-order valence-electron chi connectivity index (χ2n) is 4.95. The molecule has 110 valence electrons. The molecule has 3 nitrogen and oxygen atoms in total. The van der Waals surface area contributed by atoms with Crippen LogP contribution >= 0.6 is 0 Å². The molecule has 1 amide bonds. The van der Waals surface area contributed by atoms with Crippen LogP contribution in [0.25, 0.3) is 0 Å². The first-order valence-electron chi connectivity index (χ1n) is 6.12. The van der Waals surface area contributed by atoms with Gasteiger partial charge in [0.1, 0.15) is 12.4 Å². The number of hydrogen-bond donors (Lipinski definition) is 1. The zero-order chi connectivity index (χ0) is 15.1. The van der Waals surface area contributed by atoms with E-state index in [-0.39, 0.29) is 16.8 Å². The molecule has 1 saturated carbocycles. The van der Waals surface area contributed by atoms with E-state index in [1.54, 1.807) is 0 Å². The number of anilines is 1. The molecule has 1 aromatic rings. The SMILES string of the molecule is Cc1c(N)cc(C(=O)N(CC(F)(F)F)C2CC2)cc1F. The second-order valence-corrected chi connectivity index (χ2v) is 4.95. The maximum atomic E-state index is 13.5. The molecule has 2 N–H and O–H groups in total. The third kappa shape index (κ3) is 3.20. The van der Waals surface area contributed by atoms with Crippen molar-refractivity contribution in [3.8, 4) is 0 Å². The van der Waals surface area contributed by atoms with Gasteiger partial charge in [-0.25, -0.2) is 4.39 Å². The summed E-state index contributed by atoms with van der Waals surface area (Å²) in [6.45, 7) is 0.110. The minimum atomic E-state index is -4.48. The molecule has 0 radical (unpaired) electrons. The molecule has 0 unspecified atom stereocenters. The number of nitrogen functional groups attached to an aromatic ring is 1. The average molecular weight is 290 g/mol. The van der Waals surface area contributed by atoms with Gasteiger partial charge < -0.3 is 10.6 Å². The van der Waals surface area contributed by atoms with E-state index in [0.29, 0.717) is 12.8 Å². The van der Waals surface area contributed by atoms with Crippen LogP contribution in [0.5, 0.6) is 0 Å². The van der Waals surface area contributed by atoms with Crippen LogP contribution in [-0.4, -0.2) is 29.6 Å². The minimum Gasteiger partial charge on any atom is -0.398 e. The predicted molar refractivity (Wildman–Crippen MR) is 65.7 cm³/mol. The summed E-state index contributed by atoms with van der Waals surface area (Å²) in [5.41, 5.74) is 5.62. The Hall–Kier alpha value is -1.79. The summed E-state index contributed by atoms with van der Waals surface area (Å²) in [5.74, 6) is -1.54. The minimum absolute atomic E-state index is 0.0519. The van der Waals surface area contributed by atoms with Gasteiger partial charge in [-0.2, -0.15) is 13.2 Å². The number of halogens is 4. The highest BCUT2D eigenvalue weighted by Crippen LogP contribution is 2.32. The van der Waals surface area contributed by atoms with Crippen molar-refractivity contribution in [1.82, 2.24) is 4.90 Å². The highest BCUT2D eigenvalue weighted by atomic mass is 19.4. The van der Waals surface area contributed by atoms with Crippen molar-refractivity contribution < 1.29 is 22.4 Å². The molecule has 1 aliphatic rings. The van der Waals surface area contributed by atoms with Crippen molar-refractivity contribution in [3.63, 3.8) is 0 Å². The first-order valence-corrected chi connectivity index (χ1v) is 6.12. The third-order valence-corrected chi connectivity index (χ3v) is 3.23. The number of carbonyl (C=O) groups excluding carboxylic acids is 1. The van der Waals surface area contributed by atoms with Crippen molar-refractivity contribution in [2.75, 3.05) is 12.3 Å². The standard InChI is InChI=1S/C13H14F4N2O/c1-7-10(14)4-8(5-11(7)18)12(20)19(9-2-3-9)6-13(15,16)17/h4-5,9H,2-3,6,18H2,1H3. The topological polar surface area (TPSA) is 46.3 Å². The summed E-state index contributed by atoms with van der Waals surface area (Å²) in [7, 11) is 0. The van der Waals surface area contributed by atoms with Gasteiger partial charge in [0.25, 0.3) is 5.91 Å². The van der Waals surface area contributed by atoms with Crippen molar-refractivity contribution in [2.45, 2.75) is 32.0 Å². The molecule has 20 heavy (non-hydrogen) atoms. The molecule has 1 aliphatic carbocycles. The monoisotopic (exact) mass is 290 g/mol. The van der Waals surface area contributed by atoms with E-state index < -0.39 is 30.5 Å². The van der Waals surface area contributed by atoms with Gasteiger partial charge in [0, 0.05) is 22.9 Å². The molecule has 0 saturated heterocycles. The van der Waals surface area contributed by atoms with Crippen molar-refractivity contribution in [2.24, 2.45) is 0 Å². The Kier molecular flexibility index (Phi) is 3.62. The lowest BCUT2D eigenvalue weighted by atomic mass is 10.1. The van der Waals surface area contributed by atoms with E-state index in [1.165, 1.54) is 13.0 Å². The van der Waals surface area contributed by atoms with Gasteiger partial charge in [0.05, 0.1) is 0 Å². The number of amides is 1. The molecule has 0 aromatic heterocycles. The van der Waals surface area contributed by atoms with E-state index >= 15 is 0 Å². The molecule has 1 aromatic carbocycles. The Morgan fingerprint density at radius 3 is 2.45 bits per heavy atom. The predicted octanol–water partition coefficient (Wildman–Crippen LogP) is 2.88. The van der Waals surface area contributed by atoms with Gasteiger partial charge in [-0.05, 0) is 31.9 Å². The molecular weight excluding hydrogens is 276 g/mol. The van der Waals surface area contributed by atoms with Gasteiger partial charge in [-0.1, -0.05) is 0 Å². The Morgan fingerprint density at radius 2 is 2.00 bits per heavy atom. The molecule has 0 heterocycles. The first-order chi connectivity index (χ1) is 9.19. The van der Waals surface area contributed by atoms with Gasteiger partial charge in [-0.3, -0.25) is 4.79 Å². The fraction of sp³-hybridized carbons (Fsp3) is 0.462. The summed E-state index contributed by atoms with van der Waals surface area (Å²) in [4.78, 5) is 12.9. The molecule has 0 bridgehead atoms. The van der Waals surface area contributed by atoms with Crippen LogP contribution in [0.3, 0.4) is 0 Å². The van der Waals surface area contributed by atoms with E-state index in [4.69, 9.17) is 5.73 Å². The molecule has 0 atom stereocenters. The molecular formula is C13H14F4N2O. The van der Waals surface area contributed by atoms with Crippen molar-refractivity contribution in [1.29, 1.82) is 0 Å². The molecule has 1 fully saturated rings. The van der Waals surface area contributed by atoms with Crippen LogP contribution in [0, 0.1) is 12.7 Å². The molecule has 7 heteroatoms. The molecule has 0 spiro atoms. The van der Waals surface area contributed by atoms with Crippen molar-refractivity contribution >= 4 is 11.6 Å². The largest absolute Gasteiger partial charge is 0.406 e. The fourth-order valence-electron chi connectivity index (χ4n) is 1.94. The highest BCUT2D eigenvalue weighted by molar-refractivity contribution is 5.95. The number of benzene rings is 1. The maximum absolute atomic E-state index is 13.5. The van der Waals surface area contributed by atoms with E-state index in [0.717, 1.165) is 11.0 Å². The normalized spacial score (nSPS) is 15.2. The lowest BCUT2D eigenvalue weighted by Gasteiger charge is -2.24. The van der Waals surface area contributed by atoms with Gasteiger partial charge >= 0.3 is 6.18 Å². The van der Waals surface area contributed by atoms with Crippen LogP contribution in [0.15, 0.2) is 12.1 Å². The second kappa shape index (κ2) is 4.96. The molecule has 2 rings (SSSR count). The maximum Gasteiger partial charge on any atom is 0.406 e. The molecule has 0 aliphatic heterocycles. The highest BCUT2D eigenvalue weighted by Gasteiger charge is 2.41. The number of carbonyl (C=O) groups is 1. The van der Waals surface area contributed by atoms with Crippen LogP contribution < -0.4 is 5.73 Å². The number of alkyl halides is 3. The smallest absolute Gasteiger partial charge is 0.398 e. The van der Waals surface area contributed by atoms with Gasteiger partial charge in [0.2, 0.25) is 0 Å². The summed E-state index contributed by atoms with van der Waals surface area (Å²) in [6.07, 6.45) is -3.41. The summed E-state index contributed by atoms with van der Waals surface area (Å²) in [6, 6.07) is 1.72. The quantitative estimate of drug-likeness (QED) is 0.687. The Balaban J connectivity index is 2.28. The zero-order valence-corrected chi connectivity index (χ0v) is 10.8. The van der Waals surface area contributed by atoms with Crippen LogP contribution in [-0.2, 0) is 0 Å². The lowest BCUT2D eigenvalue weighted by Crippen LogP contribution is -2.40. The van der Waals surface area contributed by atoms with E-state index in [1.807, 2.05) is 0 Å². The third-order valence-electron chi connectivity index (χ3n) is 3.23. The van der Waals surface area contributed by atoms with Gasteiger partial charge in [0.15, 0.2) is 0 Å². The summed E-state index contributed by atoms with van der Waals surface area (Å²) < 4.78 is 51.0. The Morgan fingerprint density at radius 1 is 1.40 bits per heavy atom. The van der Waals surface area contributed by atoms with Crippen LogP contribution in [0.4, 0.5) is 23.2 Å². The average Bonchev–Trinajstić information content (AvgIpc) is 3.14. The summed E-state index contributed by atoms with van der Waals surface area (Å²) in [5, 5.41) is 0. The van der Waals surface area contributed by atoms with E-state index in [2.05, 4.69) is 0 Å². The first kappa shape index (κ1) is 14.6. The van der Waals surface area contributed by atoms with Crippen LogP contribution in [0.2, 0.25) is 0 Å². The number of nitrogens with two attached hydrogens (primary N) is 1. The number of rotatable bonds is 3.